The van der Waals surface area contributed by atoms with Crippen LogP contribution < -0.4 is 5.32 Å². The molecule has 2 N–H and O–H groups in total. The number of amides is 2. The molecule has 0 saturated carbocycles. The number of nitrogens with zero attached hydrogens (tertiary/aromatic N) is 1. The number of nitrogens with one attached hydrogen (secondary N) is 1. The van der Waals surface area contributed by atoms with Crippen LogP contribution in [0.15, 0.2) is 24.3 Å². The third-order valence-corrected chi connectivity index (χ3v) is 3.31. The molecule has 0 radical (unpaired) electrons. The summed E-state index contributed by atoms with van der Waals surface area (Å²) < 4.78 is 13.7. The molecule has 2 rings (SSSR count). The number of benzene rings is 1. The second-order valence-electron chi connectivity index (χ2n) is 4.88. The van der Waals surface area contributed by atoms with E-state index >= 15 is 0 Å². The van der Waals surface area contributed by atoms with Gasteiger partial charge in [0.25, 0.3) is 0 Å². The van der Waals surface area contributed by atoms with Gasteiger partial charge in [-0.15, -0.1) is 0 Å². The maximum Gasteiger partial charge on any atom is 0.328 e. The smallest absolute Gasteiger partial charge is 0.328 e. The first-order valence-corrected chi connectivity index (χ1v) is 6.78. The molecule has 1 aliphatic heterocycles. The first-order chi connectivity index (χ1) is 10.1. The summed E-state index contributed by atoms with van der Waals surface area (Å²) >= 11 is 0. The summed E-state index contributed by atoms with van der Waals surface area (Å²) in [6, 6.07) is 4.08. The summed E-state index contributed by atoms with van der Waals surface area (Å²) in [5.41, 5.74) is 0.902. The van der Waals surface area contributed by atoms with Crippen LogP contribution in [0.5, 0.6) is 0 Å². The van der Waals surface area contributed by atoms with Gasteiger partial charge >= 0.3 is 12.0 Å². The molecule has 1 aromatic rings. The number of hydrogen-bond acceptors (Lipinski definition) is 2. The lowest BCUT2D eigenvalue weighted by Gasteiger charge is -2.16. The number of carbonyl (C=O) groups is 2. The Kier molecular flexibility index (Phi) is 4.92. The SMILES string of the molecule is O=C(O)C=Cc1ccc(F)c(CNC(=O)N2CCCC2)c1. The Morgan fingerprint density at radius 3 is 2.71 bits per heavy atom. The van der Waals surface area contributed by atoms with Crippen LogP contribution in [0.2, 0.25) is 0 Å². The van der Waals surface area contributed by atoms with Crippen molar-refractivity contribution in [2.75, 3.05) is 13.1 Å². The molecule has 0 aromatic heterocycles. The van der Waals surface area contributed by atoms with E-state index in [2.05, 4.69) is 5.32 Å². The molecule has 21 heavy (non-hydrogen) atoms. The first kappa shape index (κ1) is 15.0. The van der Waals surface area contributed by atoms with Gasteiger partial charge in [0.05, 0.1) is 0 Å². The Hall–Kier alpha value is -2.37. The van der Waals surface area contributed by atoms with Gasteiger partial charge in [-0.05, 0) is 36.6 Å². The number of rotatable bonds is 4. The summed E-state index contributed by atoms with van der Waals surface area (Å²) in [6.07, 6.45) is 4.36. The first-order valence-electron chi connectivity index (χ1n) is 6.78. The molecule has 1 fully saturated rings. The number of halogens is 1. The predicted molar refractivity (Wildman–Crippen MR) is 76.1 cm³/mol. The van der Waals surface area contributed by atoms with Gasteiger partial charge in [-0.3, -0.25) is 0 Å². The number of carboxylic acids is 1. The van der Waals surface area contributed by atoms with Crippen LogP contribution in [-0.4, -0.2) is 35.1 Å². The van der Waals surface area contributed by atoms with Crippen molar-refractivity contribution in [1.82, 2.24) is 10.2 Å². The van der Waals surface area contributed by atoms with Crippen LogP contribution >= 0.6 is 0 Å². The zero-order chi connectivity index (χ0) is 15.2. The van der Waals surface area contributed by atoms with E-state index in [0.29, 0.717) is 11.1 Å². The molecule has 5 nitrogen and oxygen atoms in total. The average molecular weight is 292 g/mol. The predicted octanol–water partition coefficient (Wildman–Crippen LogP) is 2.23. The second-order valence-corrected chi connectivity index (χ2v) is 4.88. The largest absolute Gasteiger partial charge is 0.478 e. The van der Waals surface area contributed by atoms with E-state index in [-0.39, 0.29) is 12.6 Å². The van der Waals surface area contributed by atoms with Gasteiger partial charge in [0, 0.05) is 31.3 Å². The summed E-state index contributed by atoms with van der Waals surface area (Å²) in [6.45, 7) is 1.54. The monoisotopic (exact) mass is 292 g/mol. The Bertz CT molecular complexity index is 566. The Labute approximate surface area is 122 Å². The Morgan fingerprint density at radius 2 is 2.05 bits per heavy atom. The zero-order valence-electron chi connectivity index (χ0n) is 11.5. The molecule has 2 amide bonds. The molecule has 0 aliphatic carbocycles. The normalized spacial score (nSPS) is 14.6. The highest BCUT2D eigenvalue weighted by Gasteiger charge is 2.17. The highest BCUT2D eigenvalue weighted by atomic mass is 19.1. The minimum atomic E-state index is -1.07. The number of aliphatic carboxylic acids is 1. The zero-order valence-corrected chi connectivity index (χ0v) is 11.5. The molecule has 1 saturated heterocycles. The molecule has 0 spiro atoms. The van der Waals surface area contributed by atoms with Crippen LogP contribution in [0.3, 0.4) is 0 Å². The van der Waals surface area contributed by atoms with E-state index in [1.807, 2.05) is 0 Å². The van der Waals surface area contributed by atoms with Crippen molar-refractivity contribution in [3.63, 3.8) is 0 Å². The summed E-state index contributed by atoms with van der Waals surface area (Å²) in [4.78, 5) is 24.0. The highest BCUT2D eigenvalue weighted by molar-refractivity contribution is 5.85. The van der Waals surface area contributed by atoms with Crippen molar-refractivity contribution < 1.29 is 19.1 Å². The molecule has 112 valence electrons. The van der Waals surface area contributed by atoms with Crippen LogP contribution in [-0.2, 0) is 11.3 Å². The molecular formula is C15H17FN2O3. The summed E-state index contributed by atoms with van der Waals surface area (Å²) in [5, 5.41) is 11.3. The second kappa shape index (κ2) is 6.88. The van der Waals surface area contributed by atoms with Crippen LogP contribution in [0, 0.1) is 5.82 Å². The Balaban J connectivity index is 1.99. The van der Waals surface area contributed by atoms with Crippen molar-refractivity contribution in [1.29, 1.82) is 0 Å². The molecule has 1 aliphatic rings. The van der Waals surface area contributed by atoms with Gasteiger partial charge in [0.2, 0.25) is 0 Å². The molecule has 0 bridgehead atoms. The maximum absolute atomic E-state index is 13.7. The van der Waals surface area contributed by atoms with E-state index in [0.717, 1.165) is 32.0 Å². The van der Waals surface area contributed by atoms with Gasteiger partial charge < -0.3 is 15.3 Å². The minimum Gasteiger partial charge on any atom is -0.478 e. The lowest BCUT2D eigenvalue weighted by molar-refractivity contribution is -0.131. The van der Waals surface area contributed by atoms with Crippen molar-refractivity contribution >= 4 is 18.1 Å². The minimum absolute atomic E-state index is 0.0793. The van der Waals surface area contributed by atoms with Crippen LogP contribution in [0.1, 0.15) is 24.0 Å². The lowest BCUT2D eigenvalue weighted by atomic mass is 10.1. The van der Waals surface area contributed by atoms with E-state index in [9.17, 15) is 14.0 Å². The van der Waals surface area contributed by atoms with Crippen molar-refractivity contribution in [3.05, 3.63) is 41.2 Å². The maximum atomic E-state index is 13.7. The fraction of sp³-hybridized carbons (Fsp3) is 0.333. The third-order valence-electron chi connectivity index (χ3n) is 3.31. The van der Waals surface area contributed by atoms with Crippen molar-refractivity contribution in [2.45, 2.75) is 19.4 Å². The molecule has 1 aromatic carbocycles. The van der Waals surface area contributed by atoms with Gasteiger partial charge in [-0.25, -0.2) is 14.0 Å². The standard InChI is InChI=1S/C15H17FN2O3/c16-13-5-3-11(4-6-14(19)20)9-12(13)10-17-15(21)18-7-1-2-8-18/h3-6,9H,1-2,7-8,10H2,(H,17,21)(H,19,20). The van der Waals surface area contributed by atoms with E-state index in [1.54, 1.807) is 4.90 Å². The quantitative estimate of drug-likeness (QED) is 0.836. The van der Waals surface area contributed by atoms with Crippen molar-refractivity contribution in [3.8, 4) is 0 Å². The van der Waals surface area contributed by atoms with Crippen LogP contribution in [0.25, 0.3) is 6.08 Å². The van der Waals surface area contributed by atoms with E-state index in [1.165, 1.54) is 24.3 Å². The number of hydrogen-bond donors (Lipinski definition) is 2. The fourth-order valence-corrected chi connectivity index (χ4v) is 2.20. The molecule has 0 unspecified atom stereocenters. The van der Waals surface area contributed by atoms with Gasteiger partial charge in [0.15, 0.2) is 0 Å². The van der Waals surface area contributed by atoms with Gasteiger partial charge in [-0.2, -0.15) is 0 Å². The van der Waals surface area contributed by atoms with E-state index < -0.39 is 11.8 Å². The lowest BCUT2D eigenvalue weighted by Crippen LogP contribution is -2.37. The molecule has 6 heteroatoms. The highest BCUT2D eigenvalue weighted by Crippen LogP contribution is 2.13. The number of urea groups is 1. The Morgan fingerprint density at radius 1 is 1.33 bits per heavy atom. The number of carbonyl (C=O) groups excluding carboxylic acids is 1. The topological polar surface area (TPSA) is 69.6 Å². The fourth-order valence-electron chi connectivity index (χ4n) is 2.20. The summed E-state index contributed by atoms with van der Waals surface area (Å²) in [7, 11) is 0. The molecule has 0 atom stereocenters. The average Bonchev–Trinajstić information content (AvgIpc) is 2.98. The van der Waals surface area contributed by atoms with E-state index in [4.69, 9.17) is 5.11 Å². The number of likely N-dealkylation sites (tertiary alicyclic amines) is 1. The molecule has 1 heterocycles. The number of carboxylic acid groups (broad SMARTS) is 1. The van der Waals surface area contributed by atoms with Gasteiger partial charge in [-0.1, -0.05) is 6.07 Å². The van der Waals surface area contributed by atoms with Crippen molar-refractivity contribution in [2.24, 2.45) is 0 Å². The van der Waals surface area contributed by atoms with Crippen LogP contribution in [0.4, 0.5) is 9.18 Å². The van der Waals surface area contributed by atoms with Gasteiger partial charge in [0.1, 0.15) is 5.82 Å². The molecular weight excluding hydrogens is 275 g/mol. The summed E-state index contributed by atoms with van der Waals surface area (Å²) in [5.74, 6) is -1.49. The third kappa shape index (κ3) is 4.30.